The summed E-state index contributed by atoms with van der Waals surface area (Å²) >= 11 is 7.34. The predicted molar refractivity (Wildman–Crippen MR) is 142 cm³/mol. The summed E-state index contributed by atoms with van der Waals surface area (Å²) in [6.45, 7) is 0.267. The lowest BCUT2D eigenvalue weighted by molar-refractivity contribution is -0.115. The van der Waals surface area contributed by atoms with E-state index in [1.165, 1.54) is 23.9 Å². The highest BCUT2D eigenvalue weighted by Crippen LogP contribution is 2.29. The van der Waals surface area contributed by atoms with E-state index in [4.69, 9.17) is 26.8 Å². The average Bonchev–Trinajstić information content (AvgIpc) is 3.47. The third-order valence-electron chi connectivity index (χ3n) is 4.87. The van der Waals surface area contributed by atoms with E-state index < -0.39 is 11.9 Å². The molecule has 0 spiro atoms. The van der Waals surface area contributed by atoms with Crippen molar-refractivity contribution in [1.82, 2.24) is 15.6 Å². The minimum Gasteiger partial charge on any atom is -0.477 e. The second-order valence-electron chi connectivity index (χ2n) is 7.42. The molecule has 0 saturated carbocycles. The highest BCUT2D eigenvalue weighted by molar-refractivity contribution is 8.26. The van der Waals surface area contributed by atoms with Gasteiger partial charge in [-0.25, -0.2) is 14.6 Å². The summed E-state index contributed by atoms with van der Waals surface area (Å²) in [7, 11) is 0. The lowest BCUT2D eigenvalue weighted by Gasteiger charge is -2.07. The van der Waals surface area contributed by atoms with Crippen LogP contribution in [0.1, 0.15) is 37.1 Å². The van der Waals surface area contributed by atoms with E-state index in [0.29, 0.717) is 37.0 Å². The summed E-state index contributed by atoms with van der Waals surface area (Å²) in [6.07, 6.45) is 1.61. The van der Waals surface area contributed by atoms with Gasteiger partial charge in [0.2, 0.25) is 0 Å². The molecule has 2 aromatic heterocycles. The van der Waals surface area contributed by atoms with Crippen LogP contribution in [0.25, 0.3) is 17.4 Å². The van der Waals surface area contributed by atoms with Crippen LogP contribution in [0.15, 0.2) is 62.7 Å². The number of amides is 2. The molecule has 1 fully saturated rings. The normalized spacial score (nSPS) is 14.0. The zero-order chi connectivity index (χ0) is 26.5. The number of carbonyl (C=O) groups is 4. The number of nitrogens with zero attached hydrogens (tertiary/aromatic N) is 1. The molecule has 10 nitrogen and oxygen atoms in total. The number of hydrogen-bond acceptors (Lipinski definition) is 9. The Balaban J connectivity index is 1.32. The maximum Gasteiger partial charge on any atom is 0.354 e. The van der Waals surface area contributed by atoms with Gasteiger partial charge in [0.1, 0.15) is 27.2 Å². The number of nitrogens with one attached hydrogen (secondary N) is 2. The Morgan fingerprint density at radius 3 is 2.35 bits per heavy atom. The summed E-state index contributed by atoms with van der Waals surface area (Å²) in [5.74, 6) is -1.76. The van der Waals surface area contributed by atoms with Gasteiger partial charge in [0.15, 0.2) is 0 Å². The average molecular weight is 556 g/mol. The van der Waals surface area contributed by atoms with Crippen molar-refractivity contribution in [1.29, 1.82) is 0 Å². The molecule has 37 heavy (non-hydrogen) atoms. The third-order valence-corrected chi connectivity index (χ3v) is 7.01. The summed E-state index contributed by atoms with van der Waals surface area (Å²) in [6, 6.07) is 12.8. The molecule has 13 heteroatoms. The topological polar surface area (TPSA) is 159 Å². The first-order chi connectivity index (χ1) is 17.7. The quantitative estimate of drug-likeness (QED) is 0.132. The van der Waals surface area contributed by atoms with Crippen molar-refractivity contribution in [2.45, 2.75) is 4.90 Å². The van der Waals surface area contributed by atoms with E-state index in [-0.39, 0.29) is 29.7 Å². The lowest BCUT2D eigenvalue weighted by Crippen LogP contribution is -2.25. The molecule has 4 N–H and O–H groups in total. The van der Waals surface area contributed by atoms with E-state index in [0.717, 1.165) is 17.3 Å². The number of hydrogen-bond donors (Lipinski definition) is 4. The summed E-state index contributed by atoms with van der Waals surface area (Å²) < 4.78 is 6.18. The second kappa shape index (κ2) is 11.4. The Labute approximate surface area is 223 Å². The Bertz CT molecular complexity index is 1420. The maximum absolute atomic E-state index is 12.5. The van der Waals surface area contributed by atoms with Gasteiger partial charge in [-0.15, -0.1) is 11.8 Å². The van der Waals surface area contributed by atoms with E-state index in [1.807, 2.05) is 0 Å². The van der Waals surface area contributed by atoms with Gasteiger partial charge >= 0.3 is 11.9 Å². The monoisotopic (exact) mass is 555 g/mol. The molecular weight excluding hydrogens is 538 g/mol. The van der Waals surface area contributed by atoms with Crippen LogP contribution in [0, 0.1) is 0 Å². The minimum absolute atomic E-state index is 0.266. The molecule has 4 rings (SSSR count). The van der Waals surface area contributed by atoms with Crippen LogP contribution < -0.4 is 10.6 Å². The molecule has 1 aromatic carbocycles. The fourth-order valence-corrected chi connectivity index (χ4v) is 5.02. The lowest BCUT2D eigenvalue weighted by atomic mass is 10.1. The Kier molecular flexibility index (Phi) is 8.06. The standard InChI is InChI=1S/C24H17N3O7S3/c28-20(25-7-8-36-15-10-16(22(30)31)26-17(11-15)23(32)33)13-3-1-12(2-4-13)18-6-5-14(34-18)9-19-21(29)27-24(35)37-19/h1-6,9-11H,7-8H2,(H,25,28)(H,30,31)(H,32,33)(H,27,29,35). The van der Waals surface area contributed by atoms with E-state index in [1.54, 1.807) is 42.5 Å². The smallest absolute Gasteiger partial charge is 0.354 e. The third kappa shape index (κ3) is 6.64. The van der Waals surface area contributed by atoms with Crippen LogP contribution in [-0.2, 0) is 4.79 Å². The zero-order valence-electron chi connectivity index (χ0n) is 18.7. The molecule has 2 amide bonds. The molecule has 1 aliphatic heterocycles. The first-order valence-electron chi connectivity index (χ1n) is 10.5. The number of rotatable bonds is 9. The highest BCUT2D eigenvalue weighted by Gasteiger charge is 2.22. The number of aromatic carboxylic acids is 2. The molecule has 0 radical (unpaired) electrons. The van der Waals surface area contributed by atoms with Crippen LogP contribution in [0.5, 0.6) is 0 Å². The second-order valence-corrected chi connectivity index (χ2v) is 10.3. The molecule has 188 valence electrons. The predicted octanol–water partition coefficient (Wildman–Crippen LogP) is 3.75. The number of furan rings is 1. The van der Waals surface area contributed by atoms with Gasteiger partial charge in [-0.1, -0.05) is 36.1 Å². The molecule has 0 atom stereocenters. The van der Waals surface area contributed by atoms with Gasteiger partial charge in [-0.2, -0.15) is 0 Å². The number of benzene rings is 1. The SMILES string of the molecule is O=C1NC(=S)SC1=Cc1ccc(-c2ccc(C(=O)NCCSc3cc(C(=O)O)nc(C(=O)O)c3)cc2)o1. The van der Waals surface area contributed by atoms with E-state index in [2.05, 4.69) is 15.6 Å². The van der Waals surface area contributed by atoms with Crippen molar-refractivity contribution in [3.63, 3.8) is 0 Å². The van der Waals surface area contributed by atoms with Gasteiger partial charge in [0, 0.05) is 34.4 Å². The van der Waals surface area contributed by atoms with Crippen LogP contribution in [0.3, 0.4) is 0 Å². The van der Waals surface area contributed by atoms with Crippen molar-refractivity contribution >= 4 is 69.9 Å². The number of thioether (sulfide) groups is 2. The number of carboxylic acids is 2. The summed E-state index contributed by atoms with van der Waals surface area (Å²) in [4.78, 5) is 51.0. The van der Waals surface area contributed by atoms with Crippen LogP contribution in [-0.4, -0.2) is 55.6 Å². The molecule has 3 heterocycles. The molecule has 3 aromatic rings. The van der Waals surface area contributed by atoms with Crippen molar-refractivity contribution < 1.29 is 33.8 Å². The Morgan fingerprint density at radius 1 is 1.08 bits per heavy atom. The number of carboxylic acid groups (broad SMARTS) is 2. The first-order valence-corrected chi connectivity index (χ1v) is 12.8. The number of thiocarbonyl (C=S) groups is 1. The first kappa shape index (κ1) is 26.1. The van der Waals surface area contributed by atoms with Gasteiger partial charge in [0.25, 0.3) is 11.8 Å². The molecule has 0 bridgehead atoms. The van der Waals surface area contributed by atoms with Crippen molar-refractivity contribution in [3.05, 3.63) is 76.1 Å². The van der Waals surface area contributed by atoms with Crippen LogP contribution in [0.4, 0.5) is 0 Å². The maximum atomic E-state index is 12.5. The van der Waals surface area contributed by atoms with Gasteiger partial charge in [-0.3, -0.25) is 9.59 Å². The highest BCUT2D eigenvalue weighted by atomic mass is 32.2. The number of pyridine rings is 1. The van der Waals surface area contributed by atoms with Gasteiger partial charge in [-0.05, 0) is 36.4 Å². The number of carbonyl (C=O) groups excluding carboxylic acids is 2. The molecule has 1 saturated heterocycles. The fourth-order valence-electron chi connectivity index (χ4n) is 3.17. The zero-order valence-corrected chi connectivity index (χ0v) is 21.2. The van der Waals surface area contributed by atoms with Gasteiger partial charge in [0.05, 0.1) is 4.91 Å². The largest absolute Gasteiger partial charge is 0.477 e. The molecule has 0 aliphatic carbocycles. The molecular formula is C24H17N3O7S3. The van der Waals surface area contributed by atoms with E-state index in [9.17, 15) is 19.2 Å². The summed E-state index contributed by atoms with van der Waals surface area (Å²) in [5, 5.41) is 23.5. The van der Waals surface area contributed by atoms with Crippen LogP contribution >= 0.6 is 35.7 Å². The van der Waals surface area contributed by atoms with E-state index >= 15 is 0 Å². The van der Waals surface area contributed by atoms with Crippen molar-refractivity contribution in [3.8, 4) is 11.3 Å². The number of aromatic nitrogens is 1. The molecule has 0 unspecified atom stereocenters. The fraction of sp³-hybridized carbons (Fsp3) is 0.0833. The Morgan fingerprint density at radius 2 is 1.76 bits per heavy atom. The van der Waals surface area contributed by atoms with Crippen molar-refractivity contribution in [2.24, 2.45) is 0 Å². The Hall–Kier alpha value is -3.94. The van der Waals surface area contributed by atoms with Crippen molar-refractivity contribution in [2.75, 3.05) is 12.3 Å². The summed E-state index contributed by atoms with van der Waals surface area (Å²) in [5.41, 5.74) is 0.454. The van der Waals surface area contributed by atoms with Gasteiger partial charge < -0.3 is 25.3 Å². The van der Waals surface area contributed by atoms with Crippen LogP contribution in [0.2, 0.25) is 0 Å². The minimum atomic E-state index is -1.32. The molecule has 1 aliphatic rings.